The number of ketones is 1. The van der Waals surface area contributed by atoms with Crippen molar-refractivity contribution in [2.45, 2.75) is 110 Å². The lowest BCUT2D eigenvalue weighted by molar-refractivity contribution is -0.249. The summed E-state index contributed by atoms with van der Waals surface area (Å²) in [6, 6.07) is 12.8. The highest BCUT2D eigenvalue weighted by Crippen LogP contribution is 2.46. The Labute approximate surface area is 230 Å². The molecule has 1 fully saturated rings. The zero-order chi connectivity index (χ0) is 28.1. The molecule has 1 aliphatic heterocycles. The topological polar surface area (TPSA) is 55.8 Å². The lowest BCUT2D eigenvalue weighted by Gasteiger charge is -2.42. The van der Waals surface area contributed by atoms with Crippen LogP contribution in [0.25, 0.3) is 0 Å². The first-order valence-corrected chi connectivity index (χ1v) is 14.4. The van der Waals surface area contributed by atoms with Gasteiger partial charge in [-0.15, -0.1) is 0 Å². The fourth-order valence-electron chi connectivity index (χ4n) is 5.49. The van der Waals surface area contributed by atoms with Crippen molar-refractivity contribution < 1.29 is 19.4 Å². The Bertz CT molecular complexity index is 1120. The van der Waals surface area contributed by atoms with Gasteiger partial charge in [0.25, 0.3) is 0 Å². The monoisotopic (exact) mass is 520 g/mol. The number of aryl methyl sites for hydroxylation is 1. The minimum atomic E-state index is -0.960. The van der Waals surface area contributed by atoms with Gasteiger partial charge in [0, 0.05) is 34.8 Å². The summed E-state index contributed by atoms with van der Waals surface area (Å²) < 4.78 is 13.0. The van der Waals surface area contributed by atoms with Crippen LogP contribution in [0.3, 0.4) is 0 Å². The average Bonchev–Trinajstić information content (AvgIpc) is 2.88. The molecule has 1 atom stereocenters. The summed E-state index contributed by atoms with van der Waals surface area (Å²) in [5.74, 6) is -0.759. The molecule has 2 aliphatic rings. The fraction of sp³-hybridized carbons (Fsp3) is 0.559. The molecular formula is C34H48O4. The van der Waals surface area contributed by atoms with E-state index in [1.165, 1.54) is 11.1 Å². The first-order valence-electron chi connectivity index (χ1n) is 14.4. The van der Waals surface area contributed by atoms with E-state index in [2.05, 4.69) is 71.0 Å². The predicted octanol–water partition coefficient (Wildman–Crippen LogP) is 7.45. The maximum atomic E-state index is 12.4. The molecule has 2 aromatic carbocycles. The lowest BCUT2D eigenvalue weighted by Crippen LogP contribution is -2.40. The summed E-state index contributed by atoms with van der Waals surface area (Å²) in [7, 11) is 0. The number of hydrogen-bond acceptors (Lipinski definition) is 4. The molecule has 4 rings (SSSR count). The van der Waals surface area contributed by atoms with Crippen LogP contribution in [0.4, 0.5) is 0 Å². The number of ether oxygens (including phenoxy) is 2. The van der Waals surface area contributed by atoms with Crippen molar-refractivity contribution >= 4 is 5.78 Å². The van der Waals surface area contributed by atoms with Gasteiger partial charge in [-0.3, -0.25) is 4.79 Å². The van der Waals surface area contributed by atoms with Gasteiger partial charge in [-0.1, -0.05) is 84.0 Å². The van der Waals surface area contributed by atoms with Crippen LogP contribution in [-0.4, -0.2) is 30.2 Å². The van der Waals surface area contributed by atoms with Crippen molar-refractivity contribution in [2.75, 3.05) is 13.2 Å². The summed E-state index contributed by atoms with van der Waals surface area (Å²) >= 11 is 0. The Balaban J connectivity index is 0.00000195. The molecule has 4 heteroatoms. The SMILES string of the molecule is CC.Cc1cc2c(cc1C1(c3ccc(CC(=O)CCCC(C)O)cc3)OCCCO1)C(C)(C)C=CC2(C)C. The summed E-state index contributed by atoms with van der Waals surface area (Å²) in [5.41, 5.74) is 6.72. The van der Waals surface area contributed by atoms with Crippen LogP contribution in [0, 0.1) is 6.92 Å². The molecular weight excluding hydrogens is 472 g/mol. The summed E-state index contributed by atoms with van der Waals surface area (Å²) in [4.78, 5) is 12.4. The van der Waals surface area contributed by atoms with Gasteiger partial charge in [0.15, 0.2) is 0 Å². The van der Waals surface area contributed by atoms with Gasteiger partial charge in [0.05, 0.1) is 19.3 Å². The number of carbonyl (C=O) groups excluding carboxylic acids is 1. The zero-order valence-corrected chi connectivity index (χ0v) is 24.8. The molecule has 1 unspecified atom stereocenters. The Morgan fingerprint density at radius 3 is 2.03 bits per heavy atom. The number of allylic oxidation sites excluding steroid dienone is 2. The van der Waals surface area contributed by atoms with Crippen LogP contribution >= 0.6 is 0 Å². The Kier molecular flexibility index (Phi) is 9.78. The van der Waals surface area contributed by atoms with Gasteiger partial charge >= 0.3 is 0 Å². The second-order valence-electron chi connectivity index (χ2n) is 11.8. The summed E-state index contributed by atoms with van der Waals surface area (Å²) in [5, 5.41) is 9.43. The third kappa shape index (κ3) is 6.47. The lowest BCUT2D eigenvalue weighted by atomic mass is 9.66. The van der Waals surface area contributed by atoms with Crippen molar-refractivity contribution in [3.05, 3.63) is 81.9 Å². The normalized spacial score (nSPS) is 19.6. The van der Waals surface area contributed by atoms with Crippen molar-refractivity contribution in [3.8, 4) is 0 Å². The maximum absolute atomic E-state index is 12.4. The maximum Gasteiger partial charge on any atom is 0.222 e. The van der Waals surface area contributed by atoms with Crippen LogP contribution in [0.15, 0.2) is 48.6 Å². The Morgan fingerprint density at radius 2 is 1.47 bits per heavy atom. The first-order chi connectivity index (χ1) is 17.9. The van der Waals surface area contributed by atoms with E-state index in [0.717, 1.165) is 35.1 Å². The number of fused-ring (bicyclic) bond motifs is 1. The van der Waals surface area contributed by atoms with Gasteiger partial charge in [0.1, 0.15) is 5.78 Å². The van der Waals surface area contributed by atoms with Gasteiger partial charge in [-0.05, 0) is 61.4 Å². The van der Waals surface area contributed by atoms with E-state index in [1.807, 2.05) is 26.0 Å². The number of aliphatic hydroxyl groups excluding tert-OH is 1. The predicted molar refractivity (Wildman–Crippen MR) is 156 cm³/mol. The fourth-order valence-corrected chi connectivity index (χ4v) is 5.49. The molecule has 0 spiro atoms. The molecule has 0 radical (unpaired) electrons. The van der Waals surface area contributed by atoms with E-state index in [0.29, 0.717) is 32.5 Å². The zero-order valence-electron chi connectivity index (χ0n) is 24.8. The van der Waals surface area contributed by atoms with E-state index in [1.54, 1.807) is 6.92 Å². The smallest absolute Gasteiger partial charge is 0.222 e. The molecule has 38 heavy (non-hydrogen) atoms. The quantitative estimate of drug-likeness (QED) is 0.367. The number of benzene rings is 2. The molecule has 0 bridgehead atoms. The molecule has 1 saturated heterocycles. The Morgan fingerprint density at radius 1 is 0.921 bits per heavy atom. The van der Waals surface area contributed by atoms with E-state index in [-0.39, 0.29) is 22.7 Å². The van der Waals surface area contributed by atoms with Crippen LogP contribution in [-0.2, 0) is 37.3 Å². The highest BCUT2D eigenvalue weighted by atomic mass is 16.7. The second-order valence-corrected chi connectivity index (χ2v) is 11.8. The third-order valence-corrected chi connectivity index (χ3v) is 7.74. The van der Waals surface area contributed by atoms with Crippen LogP contribution in [0.5, 0.6) is 0 Å². The average molecular weight is 521 g/mol. The minimum absolute atomic E-state index is 0.0288. The summed E-state index contributed by atoms with van der Waals surface area (Å²) in [6.45, 7) is 18.2. The molecule has 0 aromatic heterocycles. The molecule has 1 N–H and O–H groups in total. The molecule has 4 nitrogen and oxygen atoms in total. The van der Waals surface area contributed by atoms with Gasteiger partial charge in [-0.2, -0.15) is 0 Å². The molecule has 2 aromatic rings. The van der Waals surface area contributed by atoms with Crippen LogP contribution in [0.1, 0.15) is 108 Å². The largest absolute Gasteiger partial charge is 0.393 e. The van der Waals surface area contributed by atoms with Gasteiger partial charge < -0.3 is 14.6 Å². The van der Waals surface area contributed by atoms with Crippen molar-refractivity contribution in [1.82, 2.24) is 0 Å². The van der Waals surface area contributed by atoms with Crippen LogP contribution in [0.2, 0.25) is 0 Å². The number of carbonyl (C=O) groups is 1. The van der Waals surface area contributed by atoms with E-state index >= 15 is 0 Å². The molecule has 0 amide bonds. The molecule has 1 aliphatic carbocycles. The van der Waals surface area contributed by atoms with Crippen molar-refractivity contribution in [3.63, 3.8) is 0 Å². The Hall–Kier alpha value is -2.27. The van der Waals surface area contributed by atoms with E-state index in [9.17, 15) is 9.90 Å². The molecule has 0 saturated carbocycles. The number of rotatable bonds is 8. The summed E-state index contributed by atoms with van der Waals surface area (Å²) in [6.07, 6.45) is 7.43. The van der Waals surface area contributed by atoms with Crippen LogP contribution < -0.4 is 0 Å². The standard InChI is InChI=1S/C32H42O4.C2H6/c1-22-19-28-29(31(5,6)16-15-30(28,3)4)21-27(22)32(35-17-8-18-36-32)25-13-11-24(12-14-25)20-26(34)10-7-9-23(2)33;1-2/h11-16,19,21,23,33H,7-10,17-18,20H2,1-6H3;1-2H3. The second kappa shape index (κ2) is 12.3. The highest BCUT2D eigenvalue weighted by molar-refractivity contribution is 5.80. The molecule has 208 valence electrons. The minimum Gasteiger partial charge on any atom is -0.393 e. The van der Waals surface area contributed by atoms with E-state index < -0.39 is 5.79 Å². The third-order valence-electron chi connectivity index (χ3n) is 7.74. The van der Waals surface area contributed by atoms with Crippen molar-refractivity contribution in [1.29, 1.82) is 0 Å². The van der Waals surface area contributed by atoms with Gasteiger partial charge in [0.2, 0.25) is 5.79 Å². The van der Waals surface area contributed by atoms with Crippen molar-refractivity contribution in [2.24, 2.45) is 0 Å². The molecule has 1 heterocycles. The number of Topliss-reactive ketones (excluding diaryl/α,β-unsaturated/α-hetero) is 1. The van der Waals surface area contributed by atoms with Gasteiger partial charge in [-0.25, -0.2) is 0 Å². The first kappa shape index (κ1) is 30.3. The number of hydrogen-bond donors (Lipinski definition) is 1. The highest BCUT2D eigenvalue weighted by Gasteiger charge is 2.42. The van der Waals surface area contributed by atoms with E-state index in [4.69, 9.17) is 9.47 Å². The number of aliphatic hydroxyl groups is 1.